The zero-order valence-corrected chi connectivity index (χ0v) is 34.5. The van der Waals surface area contributed by atoms with Gasteiger partial charge < -0.3 is 19.8 Å². The largest absolute Gasteiger partial charge is 0.472 e. The molecule has 3 N–H and O–H groups in total. The van der Waals surface area contributed by atoms with Gasteiger partial charge in [-0.2, -0.15) is 0 Å². The number of likely N-dealkylation sites (N-methyl/N-ethyl adjacent to an activating group) is 1. The lowest BCUT2D eigenvalue weighted by Gasteiger charge is -2.25. The molecule has 0 radical (unpaired) electrons. The maximum absolute atomic E-state index is 12.8. The third-order valence-electron chi connectivity index (χ3n) is 9.51. The summed E-state index contributed by atoms with van der Waals surface area (Å²) in [6.45, 7) is 4.81. The minimum Gasteiger partial charge on any atom is -0.387 e. The summed E-state index contributed by atoms with van der Waals surface area (Å²) in [4.78, 5) is 23.0. The van der Waals surface area contributed by atoms with E-state index in [1.54, 1.807) is 6.08 Å². The van der Waals surface area contributed by atoms with Crippen LogP contribution >= 0.6 is 7.82 Å². The van der Waals surface area contributed by atoms with Crippen molar-refractivity contribution < 1.29 is 32.9 Å². The standard InChI is InChI=1S/C41H83N2O6P/c1-6-8-10-12-14-16-18-20-22-24-26-28-30-32-34-40(44)39(38-49-50(46,47)48-37-36-43(3,4)5)42-41(45)35-33-31-29-27-25-23-21-19-17-15-13-11-9-7-2/h32,34,39-40,44H,6-31,33,35-38H2,1-5H3,(H-,42,45,46,47)/p+1/b34-32+/t39-,40+/m0/s1. The van der Waals surface area contributed by atoms with E-state index in [4.69, 9.17) is 9.05 Å². The van der Waals surface area contributed by atoms with Crippen LogP contribution in [0, 0.1) is 0 Å². The van der Waals surface area contributed by atoms with Gasteiger partial charge in [0.1, 0.15) is 13.2 Å². The molecule has 0 spiro atoms. The highest BCUT2D eigenvalue weighted by Gasteiger charge is 2.27. The number of aliphatic hydroxyl groups is 1. The number of hydrogen-bond acceptors (Lipinski definition) is 5. The van der Waals surface area contributed by atoms with Gasteiger partial charge in [0.15, 0.2) is 0 Å². The van der Waals surface area contributed by atoms with Crippen molar-refractivity contribution in [1.29, 1.82) is 0 Å². The van der Waals surface area contributed by atoms with Crippen LogP contribution in [0.4, 0.5) is 0 Å². The monoisotopic (exact) mass is 732 g/mol. The predicted molar refractivity (Wildman–Crippen MR) is 212 cm³/mol. The summed E-state index contributed by atoms with van der Waals surface area (Å²) in [6, 6.07) is -0.838. The van der Waals surface area contributed by atoms with Crippen LogP contribution in [-0.4, -0.2) is 73.4 Å². The van der Waals surface area contributed by atoms with Crippen LogP contribution in [-0.2, 0) is 18.4 Å². The molecular formula is C41H84N2O6P+. The van der Waals surface area contributed by atoms with Crippen LogP contribution in [0.1, 0.15) is 194 Å². The van der Waals surface area contributed by atoms with Crippen molar-refractivity contribution in [3.8, 4) is 0 Å². The Kier molecular flexibility index (Phi) is 33.5. The smallest absolute Gasteiger partial charge is 0.387 e. The molecule has 0 heterocycles. The second kappa shape index (κ2) is 34.0. The SMILES string of the molecule is CCCCCCCCCCCCCC/C=C/[C@@H](O)[C@H](COP(=O)(O)OCC[N+](C)(C)C)NC(=O)CCCCCCCCCCCCCCCC. The number of hydrogen-bond donors (Lipinski definition) is 3. The average molecular weight is 732 g/mol. The van der Waals surface area contributed by atoms with Crippen LogP contribution in [0.25, 0.3) is 0 Å². The molecule has 0 aliphatic carbocycles. The van der Waals surface area contributed by atoms with Crippen molar-refractivity contribution in [3.05, 3.63) is 12.2 Å². The average Bonchev–Trinajstić information content (AvgIpc) is 3.06. The van der Waals surface area contributed by atoms with Gasteiger partial charge in [-0.15, -0.1) is 0 Å². The number of nitrogens with zero attached hydrogens (tertiary/aromatic N) is 1. The van der Waals surface area contributed by atoms with E-state index in [-0.39, 0.29) is 19.1 Å². The number of aliphatic hydroxyl groups excluding tert-OH is 1. The van der Waals surface area contributed by atoms with E-state index in [0.29, 0.717) is 17.4 Å². The Labute approximate surface area is 310 Å². The maximum atomic E-state index is 12.8. The molecule has 0 aliphatic rings. The molecule has 0 fully saturated rings. The number of amides is 1. The summed E-state index contributed by atoms with van der Waals surface area (Å²) in [5.74, 6) is -0.176. The number of phosphoric ester groups is 1. The number of quaternary nitrogens is 1. The Balaban J connectivity index is 4.46. The molecule has 0 aromatic heterocycles. The molecule has 298 valence electrons. The Bertz CT molecular complexity index is 834. The van der Waals surface area contributed by atoms with Crippen LogP contribution in [0.5, 0.6) is 0 Å². The summed E-state index contributed by atoms with van der Waals surface area (Å²) in [5.41, 5.74) is 0. The highest BCUT2D eigenvalue weighted by atomic mass is 31.2. The first-order valence-corrected chi connectivity index (χ1v) is 22.6. The van der Waals surface area contributed by atoms with E-state index in [0.717, 1.165) is 38.5 Å². The van der Waals surface area contributed by atoms with Gasteiger partial charge in [0.2, 0.25) is 5.91 Å². The van der Waals surface area contributed by atoms with Gasteiger partial charge in [-0.3, -0.25) is 13.8 Å². The van der Waals surface area contributed by atoms with Crippen LogP contribution in [0.3, 0.4) is 0 Å². The van der Waals surface area contributed by atoms with E-state index < -0.39 is 20.0 Å². The first-order valence-electron chi connectivity index (χ1n) is 21.1. The lowest BCUT2D eigenvalue weighted by molar-refractivity contribution is -0.870. The Morgan fingerprint density at radius 1 is 0.660 bits per heavy atom. The zero-order chi connectivity index (χ0) is 37.2. The number of unbranched alkanes of at least 4 members (excludes halogenated alkanes) is 25. The molecule has 9 heteroatoms. The van der Waals surface area contributed by atoms with E-state index in [9.17, 15) is 19.4 Å². The van der Waals surface area contributed by atoms with Crippen LogP contribution in [0.15, 0.2) is 12.2 Å². The Morgan fingerprint density at radius 2 is 1.06 bits per heavy atom. The van der Waals surface area contributed by atoms with Gasteiger partial charge in [-0.25, -0.2) is 4.57 Å². The van der Waals surface area contributed by atoms with Crippen molar-refractivity contribution in [2.24, 2.45) is 0 Å². The van der Waals surface area contributed by atoms with Crippen LogP contribution < -0.4 is 5.32 Å². The van der Waals surface area contributed by atoms with Gasteiger partial charge in [-0.05, 0) is 19.3 Å². The summed E-state index contributed by atoms with van der Waals surface area (Å²) >= 11 is 0. The Hall–Kier alpha value is -0.760. The molecule has 0 aromatic rings. The van der Waals surface area contributed by atoms with Gasteiger partial charge >= 0.3 is 7.82 Å². The molecule has 0 aromatic carbocycles. The summed E-state index contributed by atoms with van der Waals surface area (Å²) in [7, 11) is 1.58. The lowest BCUT2D eigenvalue weighted by atomic mass is 10.0. The second-order valence-corrected chi connectivity index (χ2v) is 17.2. The molecule has 0 rings (SSSR count). The fourth-order valence-electron chi connectivity index (χ4n) is 6.10. The molecule has 0 saturated carbocycles. The summed E-state index contributed by atoms with van der Waals surface area (Å²) in [5, 5.41) is 13.8. The van der Waals surface area contributed by atoms with E-state index >= 15 is 0 Å². The van der Waals surface area contributed by atoms with Crippen LogP contribution in [0.2, 0.25) is 0 Å². The van der Waals surface area contributed by atoms with Crippen molar-refractivity contribution in [1.82, 2.24) is 5.32 Å². The molecule has 0 bridgehead atoms. The number of phosphoric acid groups is 1. The molecule has 0 saturated heterocycles. The minimum atomic E-state index is -4.33. The van der Waals surface area contributed by atoms with E-state index in [1.807, 2.05) is 27.2 Å². The summed E-state index contributed by atoms with van der Waals surface area (Å²) in [6.07, 6.45) is 36.9. The fourth-order valence-corrected chi connectivity index (χ4v) is 6.84. The molecule has 1 amide bonds. The van der Waals surface area contributed by atoms with Crippen molar-refractivity contribution >= 4 is 13.7 Å². The zero-order valence-electron chi connectivity index (χ0n) is 33.7. The quantitative estimate of drug-likeness (QED) is 0.0253. The molecule has 50 heavy (non-hydrogen) atoms. The first-order chi connectivity index (χ1) is 24.0. The lowest BCUT2D eigenvalue weighted by Crippen LogP contribution is -2.45. The van der Waals surface area contributed by atoms with Gasteiger partial charge in [0.25, 0.3) is 0 Å². The van der Waals surface area contributed by atoms with Gasteiger partial charge in [0.05, 0.1) is 39.9 Å². The minimum absolute atomic E-state index is 0.0644. The maximum Gasteiger partial charge on any atom is 0.472 e. The number of rotatable bonds is 38. The molecule has 3 atom stereocenters. The Morgan fingerprint density at radius 3 is 1.48 bits per heavy atom. The van der Waals surface area contributed by atoms with Crippen molar-refractivity contribution in [2.45, 2.75) is 206 Å². The number of nitrogens with one attached hydrogen (secondary N) is 1. The fraction of sp³-hybridized carbons (Fsp3) is 0.927. The van der Waals surface area contributed by atoms with E-state index in [1.165, 1.54) is 135 Å². The predicted octanol–water partition coefficient (Wildman–Crippen LogP) is 11.2. The normalized spacial score (nSPS) is 14.6. The highest BCUT2D eigenvalue weighted by Crippen LogP contribution is 2.43. The second-order valence-electron chi connectivity index (χ2n) is 15.7. The number of allylic oxidation sites excluding steroid dienone is 1. The first kappa shape index (κ1) is 49.2. The topological polar surface area (TPSA) is 105 Å². The molecule has 1 unspecified atom stereocenters. The van der Waals surface area contributed by atoms with Crippen molar-refractivity contribution in [3.63, 3.8) is 0 Å². The highest BCUT2D eigenvalue weighted by molar-refractivity contribution is 7.47. The third kappa shape index (κ3) is 35.6. The van der Waals surface area contributed by atoms with Gasteiger partial charge in [-0.1, -0.05) is 180 Å². The molecular weight excluding hydrogens is 647 g/mol. The third-order valence-corrected chi connectivity index (χ3v) is 10.5. The number of carbonyl (C=O) groups is 1. The van der Waals surface area contributed by atoms with Crippen molar-refractivity contribution in [2.75, 3.05) is 40.9 Å². The van der Waals surface area contributed by atoms with Gasteiger partial charge in [0, 0.05) is 6.42 Å². The molecule has 8 nitrogen and oxygen atoms in total. The van der Waals surface area contributed by atoms with E-state index in [2.05, 4.69) is 19.2 Å². The molecule has 0 aliphatic heterocycles. The summed E-state index contributed by atoms with van der Waals surface area (Å²) < 4.78 is 23.5. The number of carbonyl (C=O) groups excluding carboxylic acids is 1.